The average molecular weight is 524 g/mol. The second-order valence-corrected chi connectivity index (χ2v) is 8.65. The molecule has 39 heavy (non-hydrogen) atoms. The molecule has 0 aliphatic carbocycles. The number of halogens is 2. The van der Waals surface area contributed by atoms with Gasteiger partial charge in [0.15, 0.2) is 5.65 Å². The number of phenolic OH excluding ortho intramolecular Hbond substituents is 1. The van der Waals surface area contributed by atoms with Gasteiger partial charge in [-0.2, -0.15) is 5.10 Å². The molecule has 2 amide bonds. The molecule has 3 N–H and O–H groups in total. The number of carbonyl (C=O) groups is 2. The van der Waals surface area contributed by atoms with Gasteiger partial charge in [0.25, 0.3) is 11.8 Å². The maximum absolute atomic E-state index is 14.8. The number of fused-ring (bicyclic) bond motifs is 2. The van der Waals surface area contributed by atoms with E-state index in [2.05, 4.69) is 25.7 Å². The van der Waals surface area contributed by atoms with Gasteiger partial charge in [0.2, 0.25) is 6.17 Å². The van der Waals surface area contributed by atoms with E-state index in [1.165, 1.54) is 41.2 Å². The molecule has 1 atom stereocenters. The van der Waals surface area contributed by atoms with E-state index in [-0.39, 0.29) is 39.6 Å². The van der Waals surface area contributed by atoms with E-state index in [1.807, 2.05) is 0 Å². The summed E-state index contributed by atoms with van der Waals surface area (Å²) in [6.45, 7) is 0. The molecule has 0 bridgehead atoms. The number of benzodiazepines with no additional fused rings is 1. The van der Waals surface area contributed by atoms with Crippen LogP contribution in [-0.2, 0) is 4.79 Å². The van der Waals surface area contributed by atoms with Gasteiger partial charge in [-0.3, -0.25) is 9.59 Å². The first-order valence-electron chi connectivity index (χ1n) is 11.8. The number of benzene rings is 3. The number of hydrogen-bond donors (Lipinski definition) is 3. The Kier molecular flexibility index (Phi) is 5.80. The maximum atomic E-state index is 14.8. The zero-order chi connectivity index (χ0) is 27.1. The maximum Gasteiger partial charge on any atom is 0.269 e. The molecule has 0 saturated carbocycles. The van der Waals surface area contributed by atoms with Gasteiger partial charge >= 0.3 is 0 Å². The zero-order valence-corrected chi connectivity index (χ0v) is 20.0. The highest BCUT2D eigenvalue weighted by atomic mass is 19.1. The minimum Gasteiger partial charge on any atom is -0.508 e. The molecule has 0 radical (unpaired) electrons. The Labute approximate surface area is 219 Å². The molecule has 0 saturated heterocycles. The number of para-hydroxylation sites is 1. The molecule has 1 aliphatic heterocycles. The quantitative estimate of drug-likeness (QED) is 0.329. The van der Waals surface area contributed by atoms with Crippen LogP contribution in [0.3, 0.4) is 0 Å². The summed E-state index contributed by atoms with van der Waals surface area (Å²) in [4.78, 5) is 35.6. The molecular weight excluding hydrogens is 506 g/mol. The van der Waals surface area contributed by atoms with Gasteiger partial charge in [0.05, 0.1) is 11.4 Å². The highest BCUT2D eigenvalue weighted by Gasteiger charge is 2.31. The molecule has 5 aromatic rings. The summed E-state index contributed by atoms with van der Waals surface area (Å²) in [5.41, 5.74) is 1.05. The molecular formula is C28H18F2N6O3. The third kappa shape index (κ3) is 4.25. The second kappa shape index (κ2) is 9.45. The average Bonchev–Trinajstić information content (AvgIpc) is 3.25. The summed E-state index contributed by atoms with van der Waals surface area (Å²) >= 11 is 0. The van der Waals surface area contributed by atoms with Crippen LogP contribution in [0.4, 0.5) is 14.5 Å². The fourth-order valence-electron chi connectivity index (χ4n) is 4.40. The van der Waals surface area contributed by atoms with E-state index < -0.39 is 29.6 Å². The van der Waals surface area contributed by atoms with Gasteiger partial charge in [0, 0.05) is 35.2 Å². The number of phenols is 1. The first-order valence-corrected chi connectivity index (χ1v) is 11.8. The molecule has 0 unspecified atom stereocenters. The van der Waals surface area contributed by atoms with Crippen molar-refractivity contribution in [2.24, 2.45) is 4.99 Å². The van der Waals surface area contributed by atoms with Crippen molar-refractivity contribution in [1.82, 2.24) is 19.9 Å². The van der Waals surface area contributed by atoms with Crippen molar-refractivity contribution in [2.75, 3.05) is 5.32 Å². The highest BCUT2D eigenvalue weighted by Crippen LogP contribution is 2.30. The van der Waals surface area contributed by atoms with Crippen LogP contribution < -0.4 is 10.6 Å². The van der Waals surface area contributed by atoms with Gasteiger partial charge in [-0.05, 0) is 24.3 Å². The van der Waals surface area contributed by atoms with E-state index in [9.17, 15) is 23.5 Å². The van der Waals surface area contributed by atoms with Gasteiger partial charge in [-0.25, -0.2) is 23.3 Å². The minimum atomic E-state index is -1.48. The third-order valence-electron chi connectivity index (χ3n) is 6.17. The number of aromatic hydroxyl groups is 1. The summed E-state index contributed by atoms with van der Waals surface area (Å²) < 4.78 is 30.9. The van der Waals surface area contributed by atoms with Gasteiger partial charge in [-0.1, -0.05) is 42.5 Å². The van der Waals surface area contributed by atoms with Crippen molar-refractivity contribution in [1.29, 1.82) is 0 Å². The van der Waals surface area contributed by atoms with Crippen molar-refractivity contribution in [2.45, 2.75) is 6.17 Å². The van der Waals surface area contributed by atoms with Crippen LogP contribution in [0.15, 0.2) is 90.2 Å². The van der Waals surface area contributed by atoms with E-state index in [4.69, 9.17) is 0 Å². The minimum absolute atomic E-state index is 0.0562. The first kappa shape index (κ1) is 23.9. The van der Waals surface area contributed by atoms with Crippen molar-refractivity contribution < 1.29 is 23.5 Å². The SMILES string of the molecule is O=C(N[C@H]1N=C(c2ccccc2)c2cccc(F)c2NC1=O)c1c(-c2ccc(O)cc2F)nn2cccnc12. The number of aromatic nitrogens is 3. The number of rotatable bonds is 4. The van der Waals surface area contributed by atoms with Gasteiger partial charge < -0.3 is 15.7 Å². The lowest BCUT2D eigenvalue weighted by Crippen LogP contribution is -2.42. The van der Waals surface area contributed by atoms with Crippen LogP contribution in [0.1, 0.15) is 21.5 Å². The van der Waals surface area contributed by atoms with E-state index in [0.29, 0.717) is 11.1 Å². The van der Waals surface area contributed by atoms with Crippen molar-refractivity contribution in [3.63, 3.8) is 0 Å². The predicted octanol–water partition coefficient (Wildman–Crippen LogP) is 3.93. The molecule has 3 heterocycles. The van der Waals surface area contributed by atoms with Crippen LogP contribution in [0, 0.1) is 11.6 Å². The molecule has 6 rings (SSSR count). The summed E-state index contributed by atoms with van der Waals surface area (Å²) in [6, 6.07) is 18.2. The van der Waals surface area contributed by atoms with Gasteiger partial charge in [-0.15, -0.1) is 0 Å². The normalized spacial score (nSPS) is 14.8. The predicted molar refractivity (Wildman–Crippen MR) is 138 cm³/mol. The number of nitrogens with zero attached hydrogens (tertiary/aromatic N) is 4. The molecule has 11 heteroatoms. The molecule has 0 spiro atoms. The summed E-state index contributed by atoms with van der Waals surface area (Å²) in [5.74, 6) is -3.35. The van der Waals surface area contributed by atoms with Crippen LogP contribution in [0.25, 0.3) is 16.9 Å². The Balaban J connectivity index is 1.46. The fraction of sp³-hybridized carbons (Fsp3) is 0.0357. The Morgan fingerprint density at radius 1 is 0.974 bits per heavy atom. The number of hydrogen-bond acceptors (Lipinski definition) is 6. The molecule has 3 aromatic carbocycles. The molecule has 9 nitrogen and oxygen atoms in total. The number of nitrogens with one attached hydrogen (secondary N) is 2. The Bertz CT molecular complexity index is 1800. The second-order valence-electron chi connectivity index (χ2n) is 8.65. The molecule has 1 aliphatic rings. The topological polar surface area (TPSA) is 121 Å². The van der Waals surface area contributed by atoms with Crippen LogP contribution in [0.2, 0.25) is 0 Å². The number of anilines is 1. The van der Waals surface area contributed by atoms with E-state index in [1.54, 1.807) is 42.5 Å². The number of amides is 2. The highest BCUT2D eigenvalue weighted by molar-refractivity contribution is 6.20. The van der Waals surface area contributed by atoms with Crippen LogP contribution in [0.5, 0.6) is 5.75 Å². The zero-order valence-electron chi connectivity index (χ0n) is 20.0. The van der Waals surface area contributed by atoms with Crippen LogP contribution >= 0.6 is 0 Å². The van der Waals surface area contributed by atoms with Crippen molar-refractivity contribution in [3.8, 4) is 17.0 Å². The molecule has 192 valence electrons. The third-order valence-corrected chi connectivity index (χ3v) is 6.17. The van der Waals surface area contributed by atoms with E-state index >= 15 is 0 Å². The molecule has 2 aromatic heterocycles. The lowest BCUT2D eigenvalue weighted by atomic mass is 10.0. The summed E-state index contributed by atoms with van der Waals surface area (Å²) in [7, 11) is 0. The first-order chi connectivity index (χ1) is 18.9. The summed E-state index contributed by atoms with van der Waals surface area (Å²) in [5, 5.41) is 19.1. The Morgan fingerprint density at radius 3 is 2.59 bits per heavy atom. The lowest BCUT2D eigenvalue weighted by Gasteiger charge is -2.14. The lowest BCUT2D eigenvalue weighted by molar-refractivity contribution is -0.117. The van der Waals surface area contributed by atoms with Crippen LogP contribution in [-0.4, -0.2) is 43.4 Å². The Morgan fingerprint density at radius 2 is 1.79 bits per heavy atom. The monoisotopic (exact) mass is 524 g/mol. The largest absolute Gasteiger partial charge is 0.508 e. The summed E-state index contributed by atoms with van der Waals surface area (Å²) in [6.07, 6.45) is 1.49. The number of carbonyl (C=O) groups excluding carboxylic acids is 2. The fourth-order valence-corrected chi connectivity index (χ4v) is 4.40. The van der Waals surface area contributed by atoms with Crippen molar-refractivity contribution in [3.05, 3.63) is 114 Å². The van der Waals surface area contributed by atoms with Gasteiger partial charge in [0.1, 0.15) is 28.6 Å². The van der Waals surface area contributed by atoms with Crippen molar-refractivity contribution >= 4 is 28.9 Å². The Hall–Kier alpha value is -5.45. The smallest absolute Gasteiger partial charge is 0.269 e. The van der Waals surface area contributed by atoms with E-state index in [0.717, 1.165) is 6.07 Å². The number of aliphatic imine (C=N–C) groups is 1. The standard InChI is InChI=1S/C28H18F2N6O3/c29-19-9-4-8-18-22(15-6-2-1-3-7-15)32-25(28(39)33-23(18)19)34-27(38)21-24(17-11-10-16(37)14-20(17)30)35-36-13-5-12-31-26(21)36/h1-14,25,37H,(H,33,39)(H,34,38)/t25-/m1/s1. The molecule has 0 fully saturated rings.